The Labute approximate surface area is 86.9 Å². The Hall–Kier alpha value is -0.730. The van der Waals surface area contributed by atoms with E-state index in [2.05, 4.69) is 12.2 Å². The fraction of sp³-hybridized carbons (Fsp3) is 0.909. The van der Waals surface area contributed by atoms with Crippen molar-refractivity contribution >= 4 is 6.03 Å². The first kappa shape index (κ1) is 11.3. The van der Waals surface area contributed by atoms with E-state index in [9.17, 15) is 4.79 Å². The van der Waals surface area contributed by atoms with Gasteiger partial charge in [-0.2, -0.15) is 0 Å². The number of hydrogen-bond donors (Lipinski definition) is 1. The van der Waals surface area contributed by atoms with Crippen molar-refractivity contribution < 1.29 is 4.79 Å². The molecule has 3 heteroatoms. The van der Waals surface area contributed by atoms with E-state index in [1.807, 2.05) is 18.7 Å². The summed E-state index contributed by atoms with van der Waals surface area (Å²) in [6, 6.07) is 0.0967. The van der Waals surface area contributed by atoms with E-state index in [1.165, 1.54) is 12.8 Å². The minimum Gasteiger partial charge on any atom is -0.333 e. The zero-order valence-electron chi connectivity index (χ0n) is 9.60. The molecule has 0 aromatic heterocycles. The van der Waals surface area contributed by atoms with Crippen molar-refractivity contribution in [2.45, 2.75) is 52.0 Å². The molecule has 0 spiro atoms. The van der Waals surface area contributed by atoms with Gasteiger partial charge in [0.15, 0.2) is 0 Å². The first-order chi connectivity index (χ1) is 6.61. The highest BCUT2D eigenvalue weighted by molar-refractivity contribution is 5.75. The summed E-state index contributed by atoms with van der Waals surface area (Å²) in [7, 11) is 0. The van der Waals surface area contributed by atoms with Crippen LogP contribution in [0.2, 0.25) is 0 Å². The monoisotopic (exact) mass is 198 g/mol. The molecule has 2 amide bonds. The average Bonchev–Trinajstić information content (AvgIpc) is 2.54. The number of hydrogen-bond acceptors (Lipinski definition) is 1. The minimum atomic E-state index is 0.0552. The molecule has 1 aliphatic rings. The summed E-state index contributed by atoms with van der Waals surface area (Å²) < 4.78 is 0. The molecule has 0 aromatic rings. The molecule has 1 aliphatic carbocycles. The third kappa shape index (κ3) is 2.63. The molecule has 14 heavy (non-hydrogen) atoms. The van der Waals surface area contributed by atoms with Gasteiger partial charge in [-0.15, -0.1) is 0 Å². The fourth-order valence-electron chi connectivity index (χ4n) is 2.13. The van der Waals surface area contributed by atoms with E-state index >= 15 is 0 Å². The molecule has 1 rings (SSSR count). The molecule has 0 aliphatic heterocycles. The zero-order valence-corrected chi connectivity index (χ0v) is 9.60. The molecule has 1 N–H and O–H groups in total. The molecule has 1 saturated carbocycles. The molecular weight excluding hydrogens is 176 g/mol. The van der Waals surface area contributed by atoms with Crippen LogP contribution >= 0.6 is 0 Å². The SMILES string of the molecule is CCN(CC)C(=O)NC1(C)CCCC1. The number of nitrogens with one attached hydrogen (secondary N) is 1. The van der Waals surface area contributed by atoms with Gasteiger partial charge >= 0.3 is 6.03 Å². The second-order valence-electron chi connectivity index (χ2n) is 4.37. The Bertz CT molecular complexity index is 193. The average molecular weight is 198 g/mol. The van der Waals surface area contributed by atoms with Crippen LogP contribution in [0.15, 0.2) is 0 Å². The minimum absolute atomic E-state index is 0.0552. The summed E-state index contributed by atoms with van der Waals surface area (Å²) in [5.74, 6) is 0. The molecule has 0 aromatic carbocycles. The standard InChI is InChI=1S/C11H22N2O/c1-4-13(5-2)10(14)12-11(3)8-6-7-9-11/h4-9H2,1-3H3,(H,12,14). The summed E-state index contributed by atoms with van der Waals surface area (Å²) in [4.78, 5) is 13.6. The van der Waals surface area contributed by atoms with Gasteiger partial charge in [0.25, 0.3) is 0 Å². The third-order valence-electron chi connectivity index (χ3n) is 3.17. The van der Waals surface area contributed by atoms with E-state index in [0.717, 1.165) is 25.9 Å². The summed E-state index contributed by atoms with van der Waals surface area (Å²) in [5.41, 5.74) is 0.0552. The predicted molar refractivity (Wildman–Crippen MR) is 58.3 cm³/mol. The van der Waals surface area contributed by atoms with Crippen molar-refractivity contribution in [2.75, 3.05) is 13.1 Å². The number of carbonyl (C=O) groups excluding carboxylic acids is 1. The maximum absolute atomic E-state index is 11.8. The molecule has 82 valence electrons. The van der Waals surface area contributed by atoms with Crippen LogP contribution in [-0.2, 0) is 0 Å². The Morgan fingerprint density at radius 1 is 1.29 bits per heavy atom. The van der Waals surface area contributed by atoms with E-state index < -0.39 is 0 Å². The molecular formula is C11H22N2O. The number of urea groups is 1. The van der Waals surface area contributed by atoms with Crippen LogP contribution in [-0.4, -0.2) is 29.6 Å². The maximum Gasteiger partial charge on any atom is 0.317 e. The lowest BCUT2D eigenvalue weighted by atomic mass is 10.0. The third-order valence-corrected chi connectivity index (χ3v) is 3.17. The molecule has 0 unspecified atom stereocenters. The van der Waals surface area contributed by atoms with Gasteiger partial charge in [-0.25, -0.2) is 4.79 Å². The van der Waals surface area contributed by atoms with Gasteiger partial charge in [0.05, 0.1) is 0 Å². The number of rotatable bonds is 3. The highest BCUT2D eigenvalue weighted by Crippen LogP contribution is 2.28. The van der Waals surface area contributed by atoms with E-state index in [0.29, 0.717) is 0 Å². The van der Waals surface area contributed by atoms with Crippen LogP contribution < -0.4 is 5.32 Å². The van der Waals surface area contributed by atoms with Crippen molar-refractivity contribution in [2.24, 2.45) is 0 Å². The van der Waals surface area contributed by atoms with E-state index in [-0.39, 0.29) is 11.6 Å². The normalized spacial score (nSPS) is 19.4. The van der Waals surface area contributed by atoms with Gasteiger partial charge in [-0.1, -0.05) is 12.8 Å². The molecule has 0 radical (unpaired) electrons. The number of amides is 2. The Morgan fingerprint density at radius 3 is 2.21 bits per heavy atom. The molecule has 0 saturated heterocycles. The van der Waals surface area contributed by atoms with Crippen LogP contribution in [0.4, 0.5) is 4.79 Å². The summed E-state index contributed by atoms with van der Waals surface area (Å²) >= 11 is 0. The van der Waals surface area contributed by atoms with Crippen molar-refractivity contribution in [1.29, 1.82) is 0 Å². The van der Waals surface area contributed by atoms with Crippen LogP contribution in [0.25, 0.3) is 0 Å². The fourth-order valence-corrected chi connectivity index (χ4v) is 2.13. The Kier molecular flexibility index (Phi) is 3.78. The first-order valence-electron chi connectivity index (χ1n) is 5.68. The summed E-state index contributed by atoms with van der Waals surface area (Å²) in [5, 5.41) is 3.14. The summed E-state index contributed by atoms with van der Waals surface area (Å²) in [6.07, 6.45) is 4.74. The highest BCUT2D eigenvalue weighted by Gasteiger charge is 2.30. The quantitative estimate of drug-likeness (QED) is 0.742. The Morgan fingerprint density at radius 2 is 1.79 bits per heavy atom. The molecule has 0 atom stereocenters. The van der Waals surface area contributed by atoms with E-state index in [4.69, 9.17) is 0 Å². The van der Waals surface area contributed by atoms with Gasteiger partial charge in [0.2, 0.25) is 0 Å². The first-order valence-corrected chi connectivity index (χ1v) is 5.68. The van der Waals surface area contributed by atoms with Crippen molar-refractivity contribution in [3.63, 3.8) is 0 Å². The van der Waals surface area contributed by atoms with Crippen LogP contribution in [0, 0.1) is 0 Å². The highest BCUT2D eigenvalue weighted by atomic mass is 16.2. The second-order valence-corrected chi connectivity index (χ2v) is 4.37. The number of nitrogens with zero attached hydrogens (tertiary/aromatic N) is 1. The smallest absolute Gasteiger partial charge is 0.317 e. The van der Waals surface area contributed by atoms with Crippen LogP contribution in [0.5, 0.6) is 0 Å². The van der Waals surface area contributed by atoms with Gasteiger partial charge in [0, 0.05) is 18.6 Å². The van der Waals surface area contributed by atoms with Crippen molar-refractivity contribution in [1.82, 2.24) is 10.2 Å². The van der Waals surface area contributed by atoms with Gasteiger partial charge in [-0.3, -0.25) is 0 Å². The van der Waals surface area contributed by atoms with Crippen molar-refractivity contribution in [3.05, 3.63) is 0 Å². The maximum atomic E-state index is 11.8. The lowest BCUT2D eigenvalue weighted by Crippen LogP contribution is -2.50. The Balaban J connectivity index is 2.46. The predicted octanol–water partition coefficient (Wildman–Crippen LogP) is 2.37. The van der Waals surface area contributed by atoms with Gasteiger partial charge in [0.1, 0.15) is 0 Å². The zero-order chi connectivity index (χ0) is 10.6. The lowest BCUT2D eigenvalue weighted by molar-refractivity contribution is 0.190. The largest absolute Gasteiger partial charge is 0.333 e. The van der Waals surface area contributed by atoms with Gasteiger partial charge < -0.3 is 10.2 Å². The van der Waals surface area contributed by atoms with Crippen molar-refractivity contribution in [3.8, 4) is 0 Å². The van der Waals surface area contributed by atoms with E-state index in [1.54, 1.807) is 0 Å². The van der Waals surface area contributed by atoms with Crippen LogP contribution in [0.1, 0.15) is 46.5 Å². The summed E-state index contributed by atoms with van der Waals surface area (Å²) in [6.45, 7) is 7.76. The van der Waals surface area contributed by atoms with Gasteiger partial charge in [-0.05, 0) is 33.6 Å². The molecule has 1 fully saturated rings. The lowest BCUT2D eigenvalue weighted by Gasteiger charge is -2.29. The van der Waals surface area contributed by atoms with Crippen LogP contribution in [0.3, 0.4) is 0 Å². The molecule has 0 heterocycles. The number of carbonyl (C=O) groups is 1. The second kappa shape index (κ2) is 4.67. The topological polar surface area (TPSA) is 32.3 Å². The molecule has 0 bridgehead atoms. The molecule has 3 nitrogen and oxygen atoms in total.